The van der Waals surface area contributed by atoms with Crippen LogP contribution in [0.3, 0.4) is 0 Å². The maximum Gasteiger partial charge on any atom is 0.0982 e. The maximum atomic E-state index is 4.87. The highest BCUT2D eigenvalue weighted by atomic mass is 32.1. The minimum Gasteiger partial charge on any atom is -0.297 e. The largest absolute Gasteiger partial charge is 0.297 e. The maximum absolute atomic E-state index is 4.87. The van der Waals surface area contributed by atoms with E-state index in [1.807, 2.05) is 11.3 Å². The van der Waals surface area contributed by atoms with Gasteiger partial charge in [0.25, 0.3) is 0 Å². The van der Waals surface area contributed by atoms with Crippen molar-refractivity contribution in [2.75, 3.05) is 13.1 Å². The fourth-order valence-electron chi connectivity index (χ4n) is 3.38. The smallest absolute Gasteiger partial charge is 0.0982 e. The molecule has 0 saturated carbocycles. The van der Waals surface area contributed by atoms with Crippen molar-refractivity contribution in [1.82, 2.24) is 14.9 Å². The van der Waals surface area contributed by atoms with Crippen LogP contribution in [-0.2, 0) is 6.54 Å². The van der Waals surface area contributed by atoms with Gasteiger partial charge in [0.1, 0.15) is 0 Å². The van der Waals surface area contributed by atoms with E-state index in [0.717, 1.165) is 30.8 Å². The van der Waals surface area contributed by atoms with Crippen molar-refractivity contribution in [3.8, 4) is 0 Å². The van der Waals surface area contributed by atoms with E-state index in [1.165, 1.54) is 28.2 Å². The van der Waals surface area contributed by atoms with Gasteiger partial charge in [0.05, 0.1) is 20.9 Å². The molecule has 1 aromatic carbocycles. The molecule has 2 aromatic heterocycles. The molecule has 3 nitrogen and oxygen atoms in total. The molecular weight excluding hydrogens is 302 g/mol. The summed E-state index contributed by atoms with van der Waals surface area (Å²) in [7, 11) is 0. The number of para-hydroxylation sites is 1. The number of hydrogen-bond acceptors (Lipinski definition) is 4. The zero-order valence-corrected chi connectivity index (χ0v) is 14.2. The minimum absolute atomic E-state index is 0.561. The molecule has 1 aliphatic heterocycles. The first kappa shape index (κ1) is 14.8. The number of pyridine rings is 1. The molecule has 0 aliphatic carbocycles. The predicted molar refractivity (Wildman–Crippen MR) is 95.8 cm³/mol. The number of likely N-dealkylation sites (tertiary alicyclic amines) is 1. The van der Waals surface area contributed by atoms with Crippen LogP contribution in [0.15, 0.2) is 42.5 Å². The normalized spacial score (nSPS) is 19.3. The lowest BCUT2D eigenvalue weighted by Crippen LogP contribution is -2.34. The molecule has 3 heterocycles. The average molecular weight is 323 g/mol. The van der Waals surface area contributed by atoms with E-state index in [2.05, 4.69) is 59.3 Å². The summed E-state index contributed by atoms with van der Waals surface area (Å²) in [5.41, 5.74) is 3.42. The third-order valence-corrected chi connectivity index (χ3v) is 5.70. The van der Waals surface area contributed by atoms with Gasteiger partial charge in [0, 0.05) is 24.7 Å². The van der Waals surface area contributed by atoms with E-state index >= 15 is 0 Å². The van der Waals surface area contributed by atoms with Gasteiger partial charge in [-0.2, -0.15) is 0 Å². The molecule has 1 fully saturated rings. The van der Waals surface area contributed by atoms with Crippen LogP contribution in [0.5, 0.6) is 0 Å². The lowest BCUT2D eigenvalue weighted by atomic mass is 9.98. The molecule has 0 bridgehead atoms. The van der Waals surface area contributed by atoms with Crippen molar-refractivity contribution in [2.24, 2.45) is 0 Å². The highest BCUT2D eigenvalue weighted by molar-refractivity contribution is 7.18. The van der Waals surface area contributed by atoms with Crippen molar-refractivity contribution in [3.63, 3.8) is 0 Å². The Morgan fingerprint density at radius 2 is 2.04 bits per heavy atom. The van der Waals surface area contributed by atoms with Crippen LogP contribution in [0.1, 0.15) is 35.2 Å². The molecule has 0 amide bonds. The zero-order valence-electron chi connectivity index (χ0n) is 13.4. The van der Waals surface area contributed by atoms with Crippen molar-refractivity contribution >= 4 is 21.6 Å². The first-order chi connectivity index (χ1) is 11.3. The molecular formula is C19H21N3S. The van der Waals surface area contributed by atoms with Gasteiger partial charge >= 0.3 is 0 Å². The van der Waals surface area contributed by atoms with Gasteiger partial charge in [-0.1, -0.05) is 18.2 Å². The van der Waals surface area contributed by atoms with Gasteiger partial charge in [0.15, 0.2) is 0 Å². The summed E-state index contributed by atoms with van der Waals surface area (Å²) in [4.78, 5) is 12.0. The monoisotopic (exact) mass is 323 g/mol. The number of hydrogen-bond donors (Lipinski definition) is 0. The number of fused-ring (bicyclic) bond motifs is 1. The Bertz CT molecular complexity index is 778. The molecule has 23 heavy (non-hydrogen) atoms. The van der Waals surface area contributed by atoms with E-state index in [9.17, 15) is 0 Å². The zero-order chi connectivity index (χ0) is 15.6. The quantitative estimate of drug-likeness (QED) is 0.716. The second-order valence-corrected chi connectivity index (χ2v) is 7.43. The number of benzene rings is 1. The lowest BCUT2D eigenvalue weighted by molar-refractivity contribution is 0.198. The predicted octanol–water partition coefficient (Wildman–Crippen LogP) is 4.38. The standard InChI is InChI=1S/C19H21N3S/c1-14-6-4-8-16(20-14)13-22-11-5-7-15(12-22)19-21-17-9-2-3-10-18(17)23-19/h2-4,6,8-10,15H,5,7,11-13H2,1H3. The van der Waals surface area contributed by atoms with Crippen LogP contribution in [0.4, 0.5) is 0 Å². The number of piperidine rings is 1. The number of nitrogens with zero attached hydrogens (tertiary/aromatic N) is 3. The first-order valence-corrected chi connectivity index (χ1v) is 9.10. The van der Waals surface area contributed by atoms with Gasteiger partial charge < -0.3 is 0 Å². The number of aryl methyl sites for hydroxylation is 1. The number of aromatic nitrogens is 2. The Hall–Kier alpha value is -1.78. The molecule has 4 rings (SSSR count). The summed E-state index contributed by atoms with van der Waals surface area (Å²) < 4.78 is 1.31. The third kappa shape index (κ3) is 3.28. The topological polar surface area (TPSA) is 29.0 Å². The van der Waals surface area contributed by atoms with Crippen LogP contribution in [0.25, 0.3) is 10.2 Å². The number of thiazole rings is 1. The lowest BCUT2D eigenvalue weighted by Gasteiger charge is -2.31. The molecule has 1 saturated heterocycles. The van der Waals surface area contributed by atoms with Gasteiger partial charge in [-0.15, -0.1) is 11.3 Å². The molecule has 4 heteroatoms. The van der Waals surface area contributed by atoms with Crippen molar-refractivity contribution in [3.05, 3.63) is 58.9 Å². The van der Waals surface area contributed by atoms with Crippen molar-refractivity contribution in [1.29, 1.82) is 0 Å². The van der Waals surface area contributed by atoms with Gasteiger partial charge in [-0.3, -0.25) is 9.88 Å². The van der Waals surface area contributed by atoms with E-state index in [-0.39, 0.29) is 0 Å². The van der Waals surface area contributed by atoms with Crippen LogP contribution in [-0.4, -0.2) is 28.0 Å². The van der Waals surface area contributed by atoms with Crippen molar-refractivity contribution < 1.29 is 0 Å². The molecule has 1 atom stereocenters. The Labute approximate surface area is 141 Å². The number of rotatable bonds is 3. The highest BCUT2D eigenvalue weighted by Crippen LogP contribution is 2.33. The second-order valence-electron chi connectivity index (χ2n) is 6.36. The fraction of sp³-hybridized carbons (Fsp3) is 0.368. The Balaban J connectivity index is 1.50. The summed E-state index contributed by atoms with van der Waals surface area (Å²) in [5.74, 6) is 0.561. The summed E-state index contributed by atoms with van der Waals surface area (Å²) in [6.07, 6.45) is 2.49. The van der Waals surface area contributed by atoms with E-state index in [4.69, 9.17) is 4.98 Å². The summed E-state index contributed by atoms with van der Waals surface area (Å²) in [6.45, 7) is 5.26. The summed E-state index contributed by atoms with van der Waals surface area (Å²) in [5, 5.41) is 1.30. The first-order valence-electron chi connectivity index (χ1n) is 8.28. The highest BCUT2D eigenvalue weighted by Gasteiger charge is 2.24. The SMILES string of the molecule is Cc1cccc(CN2CCCC(c3nc4ccccc4s3)C2)n1. The van der Waals surface area contributed by atoms with Gasteiger partial charge in [-0.25, -0.2) is 4.98 Å². The van der Waals surface area contributed by atoms with Crippen molar-refractivity contribution in [2.45, 2.75) is 32.2 Å². The van der Waals surface area contributed by atoms with Crippen LogP contribution >= 0.6 is 11.3 Å². The average Bonchev–Trinajstić information content (AvgIpc) is 2.99. The van der Waals surface area contributed by atoms with Crippen LogP contribution in [0.2, 0.25) is 0 Å². The molecule has 3 aromatic rings. The Kier molecular flexibility index (Phi) is 4.10. The molecule has 0 radical (unpaired) electrons. The second kappa shape index (κ2) is 6.38. The summed E-state index contributed by atoms with van der Waals surface area (Å²) >= 11 is 1.86. The molecule has 0 N–H and O–H groups in total. The van der Waals surface area contributed by atoms with Crippen LogP contribution < -0.4 is 0 Å². The molecule has 1 unspecified atom stereocenters. The van der Waals surface area contributed by atoms with E-state index in [0.29, 0.717) is 5.92 Å². The summed E-state index contributed by atoms with van der Waals surface area (Å²) in [6, 6.07) is 14.8. The molecule has 118 valence electrons. The molecule has 0 spiro atoms. The van der Waals surface area contributed by atoms with Gasteiger partial charge in [0.2, 0.25) is 0 Å². The fourth-order valence-corrected chi connectivity index (χ4v) is 4.48. The van der Waals surface area contributed by atoms with E-state index in [1.54, 1.807) is 0 Å². The van der Waals surface area contributed by atoms with E-state index < -0.39 is 0 Å². The van der Waals surface area contributed by atoms with Crippen LogP contribution in [0, 0.1) is 6.92 Å². The minimum atomic E-state index is 0.561. The van der Waals surface area contributed by atoms with Gasteiger partial charge in [-0.05, 0) is 50.6 Å². The third-order valence-electron chi connectivity index (χ3n) is 4.50. The Morgan fingerprint density at radius 3 is 2.91 bits per heavy atom. The molecule has 1 aliphatic rings. The Morgan fingerprint density at radius 1 is 1.13 bits per heavy atom.